The first-order chi connectivity index (χ1) is 8.35. The normalized spacial score (nSPS) is 15.1. The van der Waals surface area contributed by atoms with Crippen LogP contribution in [0.2, 0.25) is 0 Å². The van der Waals surface area contributed by atoms with E-state index in [1.165, 1.54) is 0 Å². The number of halogens is 1. The third-order valence-electron chi connectivity index (χ3n) is 3.40. The molecule has 0 saturated heterocycles. The zero-order chi connectivity index (χ0) is 13.9. The molecule has 4 nitrogen and oxygen atoms in total. The lowest BCUT2D eigenvalue weighted by Crippen LogP contribution is -2.42. The molecule has 0 radical (unpaired) electrons. The number of rotatable bonds is 6. The molecule has 0 aromatic carbocycles. The van der Waals surface area contributed by atoms with Gasteiger partial charge < -0.3 is 9.84 Å². The number of ether oxygens (including phenoxy) is 1. The zero-order valence-corrected chi connectivity index (χ0v) is 13.4. The molecule has 1 heterocycles. The van der Waals surface area contributed by atoms with Gasteiger partial charge in [0.1, 0.15) is 0 Å². The minimum absolute atomic E-state index is 0.116. The van der Waals surface area contributed by atoms with Crippen molar-refractivity contribution in [1.29, 1.82) is 0 Å². The Kier molecular flexibility index (Phi) is 5.37. The molecule has 0 fully saturated rings. The molecular formula is C13H23BrN2O2. The fourth-order valence-corrected chi connectivity index (χ4v) is 2.42. The van der Waals surface area contributed by atoms with Gasteiger partial charge in [-0.1, -0.05) is 13.8 Å². The van der Waals surface area contributed by atoms with Crippen molar-refractivity contribution in [2.45, 2.75) is 46.3 Å². The van der Waals surface area contributed by atoms with E-state index in [0.29, 0.717) is 13.0 Å². The summed E-state index contributed by atoms with van der Waals surface area (Å²) in [5.41, 5.74) is 1.12. The molecule has 0 aliphatic carbocycles. The molecule has 1 aromatic rings. The highest BCUT2D eigenvalue weighted by Gasteiger charge is 2.33. The highest BCUT2D eigenvalue weighted by molar-refractivity contribution is 9.10. The van der Waals surface area contributed by atoms with Crippen LogP contribution in [0.25, 0.3) is 0 Å². The van der Waals surface area contributed by atoms with Crippen molar-refractivity contribution >= 4 is 15.9 Å². The fraction of sp³-hybridized carbons (Fsp3) is 0.769. The second-order valence-electron chi connectivity index (χ2n) is 5.03. The van der Waals surface area contributed by atoms with E-state index < -0.39 is 5.60 Å². The highest BCUT2D eigenvalue weighted by atomic mass is 79.9. The maximum Gasteiger partial charge on any atom is 0.0958 e. The van der Waals surface area contributed by atoms with Crippen molar-refractivity contribution in [2.75, 3.05) is 13.7 Å². The van der Waals surface area contributed by atoms with Crippen molar-refractivity contribution in [3.63, 3.8) is 0 Å². The molecule has 0 aliphatic rings. The Morgan fingerprint density at radius 1 is 1.50 bits per heavy atom. The van der Waals surface area contributed by atoms with Crippen LogP contribution >= 0.6 is 15.9 Å². The number of methoxy groups -OCH3 is 1. The first kappa shape index (κ1) is 15.7. The van der Waals surface area contributed by atoms with Crippen molar-refractivity contribution in [1.82, 2.24) is 9.78 Å². The molecule has 1 atom stereocenters. The van der Waals surface area contributed by atoms with Crippen LogP contribution in [0.1, 0.15) is 32.2 Å². The summed E-state index contributed by atoms with van der Waals surface area (Å²) in [4.78, 5) is 0. The van der Waals surface area contributed by atoms with Crippen LogP contribution in [0, 0.1) is 12.8 Å². The standard InChI is InChI=1S/C13H23BrN2O2/c1-6-16-11(12(14)10(4)15-16)7-13(17,8-18-5)9(2)3/h9,17H,6-8H2,1-5H3. The summed E-state index contributed by atoms with van der Waals surface area (Å²) in [6, 6.07) is 0. The van der Waals surface area contributed by atoms with Crippen molar-refractivity contribution in [3.05, 3.63) is 15.9 Å². The molecule has 0 amide bonds. The largest absolute Gasteiger partial charge is 0.387 e. The summed E-state index contributed by atoms with van der Waals surface area (Å²) in [6.45, 7) is 9.14. The van der Waals surface area contributed by atoms with E-state index >= 15 is 0 Å². The Hall–Kier alpha value is -0.390. The number of nitrogens with zero attached hydrogens (tertiary/aromatic N) is 2. The van der Waals surface area contributed by atoms with Crippen LogP contribution in [0.5, 0.6) is 0 Å². The van der Waals surface area contributed by atoms with Gasteiger partial charge in [0.05, 0.1) is 28.1 Å². The Bertz CT molecular complexity index is 404. The molecule has 1 rings (SSSR count). The molecule has 0 aliphatic heterocycles. The van der Waals surface area contributed by atoms with E-state index in [2.05, 4.69) is 21.0 Å². The third kappa shape index (κ3) is 3.13. The van der Waals surface area contributed by atoms with Gasteiger partial charge in [-0.3, -0.25) is 4.68 Å². The molecule has 18 heavy (non-hydrogen) atoms. The van der Waals surface area contributed by atoms with Crippen molar-refractivity contribution in [2.24, 2.45) is 5.92 Å². The highest BCUT2D eigenvalue weighted by Crippen LogP contribution is 2.29. The summed E-state index contributed by atoms with van der Waals surface area (Å²) in [6.07, 6.45) is 0.535. The first-order valence-electron chi connectivity index (χ1n) is 6.28. The minimum atomic E-state index is -0.864. The Balaban J connectivity index is 3.07. The van der Waals surface area contributed by atoms with E-state index in [1.54, 1.807) is 7.11 Å². The van der Waals surface area contributed by atoms with Gasteiger partial charge in [0.15, 0.2) is 0 Å². The van der Waals surface area contributed by atoms with Gasteiger partial charge in [-0.2, -0.15) is 5.10 Å². The molecule has 0 spiro atoms. The fourth-order valence-electron chi connectivity index (χ4n) is 2.00. The molecule has 0 bridgehead atoms. The molecule has 1 N–H and O–H groups in total. The predicted molar refractivity (Wildman–Crippen MR) is 75.7 cm³/mol. The second kappa shape index (κ2) is 6.17. The predicted octanol–water partition coefficient (Wildman–Crippen LogP) is 2.55. The van der Waals surface area contributed by atoms with E-state index in [1.807, 2.05) is 32.4 Å². The monoisotopic (exact) mass is 318 g/mol. The SMILES string of the molecule is CCn1nc(C)c(Br)c1CC(O)(COC)C(C)C. The van der Waals surface area contributed by atoms with Gasteiger partial charge in [-0.15, -0.1) is 0 Å². The minimum Gasteiger partial charge on any atom is -0.387 e. The molecule has 0 saturated carbocycles. The van der Waals surface area contributed by atoms with Crippen LogP contribution < -0.4 is 0 Å². The van der Waals surface area contributed by atoms with Gasteiger partial charge in [0.2, 0.25) is 0 Å². The summed E-state index contributed by atoms with van der Waals surface area (Å²) >= 11 is 3.56. The van der Waals surface area contributed by atoms with E-state index in [-0.39, 0.29) is 5.92 Å². The van der Waals surface area contributed by atoms with E-state index in [4.69, 9.17) is 4.74 Å². The van der Waals surface area contributed by atoms with Crippen LogP contribution in [-0.2, 0) is 17.7 Å². The maximum absolute atomic E-state index is 10.7. The average Bonchev–Trinajstić information content (AvgIpc) is 2.57. The van der Waals surface area contributed by atoms with Gasteiger partial charge in [0.25, 0.3) is 0 Å². The Morgan fingerprint density at radius 3 is 2.56 bits per heavy atom. The molecule has 104 valence electrons. The average molecular weight is 319 g/mol. The zero-order valence-electron chi connectivity index (χ0n) is 11.8. The molecular weight excluding hydrogens is 296 g/mol. The maximum atomic E-state index is 10.7. The lowest BCUT2D eigenvalue weighted by Gasteiger charge is -2.31. The molecule has 1 unspecified atom stereocenters. The number of hydrogen-bond donors (Lipinski definition) is 1. The van der Waals surface area contributed by atoms with Crippen LogP contribution in [0.3, 0.4) is 0 Å². The number of aromatic nitrogens is 2. The Morgan fingerprint density at radius 2 is 2.11 bits per heavy atom. The quantitative estimate of drug-likeness (QED) is 0.876. The first-order valence-corrected chi connectivity index (χ1v) is 7.08. The number of aryl methyl sites for hydroxylation is 2. The number of hydrogen-bond acceptors (Lipinski definition) is 3. The van der Waals surface area contributed by atoms with Gasteiger partial charge in [-0.05, 0) is 35.7 Å². The lowest BCUT2D eigenvalue weighted by atomic mass is 9.86. The second-order valence-corrected chi connectivity index (χ2v) is 5.82. The van der Waals surface area contributed by atoms with Gasteiger partial charge >= 0.3 is 0 Å². The summed E-state index contributed by atoms with van der Waals surface area (Å²) in [5.74, 6) is 0.116. The third-order valence-corrected chi connectivity index (χ3v) is 4.43. The van der Waals surface area contributed by atoms with Crippen molar-refractivity contribution in [3.8, 4) is 0 Å². The van der Waals surface area contributed by atoms with Crippen molar-refractivity contribution < 1.29 is 9.84 Å². The van der Waals surface area contributed by atoms with Gasteiger partial charge in [-0.25, -0.2) is 0 Å². The molecule has 1 aromatic heterocycles. The van der Waals surface area contributed by atoms with Gasteiger partial charge in [0, 0.05) is 20.1 Å². The summed E-state index contributed by atoms with van der Waals surface area (Å²) in [5, 5.41) is 15.2. The smallest absolute Gasteiger partial charge is 0.0958 e. The lowest BCUT2D eigenvalue weighted by molar-refractivity contribution is -0.0650. The number of aliphatic hydroxyl groups is 1. The van der Waals surface area contributed by atoms with Crippen LogP contribution in [-0.4, -0.2) is 34.2 Å². The molecule has 5 heteroatoms. The van der Waals surface area contributed by atoms with E-state index in [0.717, 1.165) is 22.4 Å². The van der Waals surface area contributed by atoms with Crippen LogP contribution in [0.15, 0.2) is 4.47 Å². The summed E-state index contributed by atoms with van der Waals surface area (Å²) in [7, 11) is 1.62. The summed E-state index contributed by atoms with van der Waals surface area (Å²) < 4.78 is 8.08. The van der Waals surface area contributed by atoms with E-state index in [9.17, 15) is 5.11 Å². The topological polar surface area (TPSA) is 47.3 Å². The Labute approximate surface area is 117 Å². The van der Waals surface area contributed by atoms with Crippen LogP contribution in [0.4, 0.5) is 0 Å².